The summed E-state index contributed by atoms with van der Waals surface area (Å²) in [6, 6.07) is 11.9. The van der Waals surface area contributed by atoms with E-state index in [9.17, 15) is 13.2 Å². The van der Waals surface area contributed by atoms with E-state index in [1.54, 1.807) is 12.1 Å². The number of sulfonamides is 1. The van der Waals surface area contributed by atoms with Gasteiger partial charge in [-0.3, -0.25) is 4.79 Å². The predicted molar refractivity (Wildman–Crippen MR) is 109 cm³/mol. The van der Waals surface area contributed by atoms with Crippen LogP contribution in [0, 0.1) is 13.8 Å². The van der Waals surface area contributed by atoms with Gasteiger partial charge in [0.2, 0.25) is 10.0 Å². The maximum absolute atomic E-state index is 13.1. The minimum atomic E-state index is -3.70. The highest BCUT2D eigenvalue weighted by molar-refractivity contribution is 7.89. The molecule has 0 saturated carbocycles. The number of benzene rings is 2. The number of morpholine rings is 1. The van der Waals surface area contributed by atoms with Crippen molar-refractivity contribution >= 4 is 21.6 Å². The lowest BCUT2D eigenvalue weighted by molar-refractivity contribution is -0.0440. The maximum atomic E-state index is 13.1. The molecule has 1 fully saturated rings. The zero-order valence-corrected chi connectivity index (χ0v) is 17.4. The SMILES string of the molecule is Cc1cccc(C)c1NC(=O)c1cccc(S(=O)(=O)N2CC(C)OC(C)C2)c1. The summed E-state index contributed by atoms with van der Waals surface area (Å²) in [5.41, 5.74) is 2.96. The number of aryl methyl sites for hydroxylation is 2. The summed E-state index contributed by atoms with van der Waals surface area (Å²) in [6.45, 7) is 8.14. The monoisotopic (exact) mass is 402 g/mol. The zero-order chi connectivity index (χ0) is 20.5. The minimum absolute atomic E-state index is 0.114. The van der Waals surface area contributed by atoms with Crippen LogP contribution in [0.2, 0.25) is 0 Å². The summed E-state index contributed by atoms with van der Waals surface area (Å²) in [5.74, 6) is -0.335. The second-order valence-electron chi connectivity index (χ2n) is 7.33. The average Bonchev–Trinajstić information content (AvgIpc) is 2.64. The van der Waals surface area contributed by atoms with Crippen LogP contribution in [0.15, 0.2) is 47.4 Å². The molecule has 1 aliphatic heterocycles. The van der Waals surface area contributed by atoms with Crippen molar-refractivity contribution < 1.29 is 17.9 Å². The molecule has 2 unspecified atom stereocenters. The Morgan fingerprint density at radius 3 is 2.21 bits per heavy atom. The molecule has 2 aromatic carbocycles. The fraction of sp³-hybridized carbons (Fsp3) is 0.381. The lowest BCUT2D eigenvalue weighted by Gasteiger charge is -2.34. The third-order valence-electron chi connectivity index (χ3n) is 4.84. The van der Waals surface area contributed by atoms with E-state index in [2.05, 4.69) is 5.32 Å². The van der Waals surface area contributed by atoms with Gasteiger partial charge >= 0.3 is 0 Å². The first-order valence-electron chi connectivity index (χ1n) is 9.31. The normalized spacial score (nSPS) is 20.7. The van der Waals surface area contributed by atoms with Gasteiger partial charge in [-0.2, -0.15) is 4.31 Å². The molecule has 150 valence electrons. The Kier molecular flexibility index (Phi) is 5.88. The third-order valence-corrected chi connectivity index (χ3v) is 6.67. The van der Waals surface area contributed by atoms with Crippen molar-refractivity contribution in [1.82, 2.24) is 4.31 Å². The van der Waals surface area contributed by atoms with E-state index in [0.717, 1.165) is 16.8 Å². The number of ether oxygens (including phenoxy) is 1. The summed E-state index contributed by atoms with van der Waals surface area (Å²) >= 11 is 0. The Bertz CT molecular complexity index is 957. The van der Waals surface area contributed by atoms with Gasteiger partial charge in [0.15, 0.2) is 0 Å². The molecule has 1 N–H and O–H groups in total. The Morgan fingerprint density at radius 2 is 1.61 bits per heavy atom. The van der Waals surface area contributed by atoms with E-state index in [1.165, 1.54) is 16.4 Å². The number of hydrogen-bond donors (Lipinski definition) is 1. The van der Waals surface area contributed by atoms with Gasteiger partial charge in [-0.25, -0.2) is 8.42 Å². The van der Waals surface area contributed by atoms with E-state index < -0.39 is 10.0 Å². The molecule has 2 atom stereocenters. The van der Waals surface area contributed by atoms with E-state index in [4.69, 9.17) is 4.74 Å². The molecule has 0 bridgehead atoms. The summed E-state index contributed by atoms with van der Waals surface area (Å²) < 4.78 is 33.2. The average molecular weight is 403 g/mol. The molecule has 1 saturated heterocycles. The van der Waals surface area contributed by atoms with Crippen molar-refractivity contribution in [1.29, 1.82) is 0 Å². The van der Waals surface area contributed by atoms with Crippen LogP contribution in [-0.4, -0.2) is 43.9 Å². The smallest absolute Gasteiger partial charge is 0.255 e. The lowest BCUT2D eigenvalue weighted by Crippen LogP contribution is -2.48. The largest absolute Gasteiger partial charge is 0.373 e. The van der Waals surface area contributed by atoms with Gasteiger partial charge in [-0.15, -0.1) is 0 Å². The zero-order valence-electron chi connectivity index (χ0n) is 16.6. The van der Waals surface area contributed by atoms with E-state index >= 15 is 0 Å². The molecule has 3 rings (SSSR count). The molecule has 1 aliphatic rings. The molecular weight excluding hydrogens is 376 g/mol. The van der Waals surface area contributed by atoms with Crippen molar-refractivity contribution in [2.75, 3.05) is 18.4 Å². The van der Waals surface area contributed by atoms with Crippen LogP contribution in [0.5, 0.6) is 0 Å². The summed E-state index contributed by atoms with van der Waals surface area (Å²) in [6.07, 6.45) is -0.344. The van der Waals surface area contributed by atoms with Gasteiger partial charge in [0, 0.05) is 24.3 Å². The summed E-state index contributed by atoms with van der Waals surface area (Å²) in [5, 5.41) is 2.90. The van der Waals surface area contributed by atoms with Crippen molar-refractivity contribution in [3.05, 3.63) is 59.2 Å². The van der Waals surface area contributed by atoms with Crippen molar-refractivity contribution in [2.24, 2.45) is 0 Å². The highest BCUT2D eigenvalue weighted by Crippen LogP contribution is 2.24. The van der Waals surface area contributed by atoms with Crippen molar-refractivity contribution in [2.45, 2.75) is 44.8 Å². The van der Waals surface area contributed by atoms with Crippen LogP contribution < -0.4 is 5.32 Å². The Labute approximate surface area is 166 Å². The number of carbonyl (C=O) groups excluding carboxylic acids is 1. The summed E-state index contributed by atoms with van der Waals surface area (Å²) in [4.78, 5) is 12.9. The van der Waals surface area contributed by atoms with Crippen LogP contribution in [-0.2, 0) is 14.8 Å². The standard InChI is InChI=1S/C21H26N2O4S/c1-14-7-5-8-15(2)20(14)22-21(24)18-9-6-10-19(11-18)28(25,26)23-12-16(3)27-17(4)13-23/h5-11,16-17H,12-13H2,1-4H3,(H,22,24). The van der Waals surface area contributed by atoms with Gasteiger partial charge in [0.25, 0.3) is 5.91 Å². The first-order valence-corrected chi connectivity index (χ1v) is 10.8. The van der Waals surface area contributed by atoms with Gasteiger partial charge in [-0.1, -0.05) is 24.3 Å². The molecule has 0 spiro atoms. The molecule has 0 radical (unpaired) electrons. The topological polar surface area (TPSA) is 75.7 Å². The van der Waals surface area contributed by atoms with Crippen LogP contribution in [0.4, 0.5) is 5.69 Å². The number of carbonyl (C=O) groups is 1. The number of para-hydroxylation sites is 1. The van der Waals surface area contributed by atoms with Crippen LogP contribution in [0.1, 0.15) is 35.3 Å². The number of nitrogens with one attached hydrogen (secondary N) is 1. The fourth-order valence-corrected chi connectivity index (χ4v) is 5.11. The number of rotatable bonds is 4. The first kappa shape index (κ1) is 20.5. The third kappa shape index (κ3) is 4.27. The first-order chi connectivity index (χ1) is 13.2. The molecule has 0 aliphatic carbocycles. The Hall–Kier alpha value is -2.22. The highest BCUT2D eigenvalue weighted by Gasteiger charge is 2.32. The number of amides is 1. The van der Waals surface area contributed by atoms with E-state index in [1.807, 2.05) is 45.9 Å². The van der Waals surface area contributed by atoms with Crippen LogP contribution >= 0.6 is 0 Å². The van der Waals surface area contributed by atoms with Crippen molar-refractivity contribution in [3.8, 4) is 0 Å². The number of hydrogen-bond acceptors (Lipinski definition) is 4. The summed E-state index contributed by atoms with van der Waals surface area (Å²) in [7, 11) is -3.70. The van der Waals surface area contributed by atoms with Gasteiger partial charge < -0.3 is 10.1 Å². The molecule has 2 aromatic rings. The van der Waals surface area contributed by atoms with Gasteiger partial charge in [-0.05, 0) is 57.0 Å². The Morgan fingerprint density at radius 1 is 1.04 bits per heavy atom. The fourth-order valence-electron chi connectivity index (χ4n) is 3.47. The molecule has 7 heteroatoms. The van der Waals surface area contributed by atoms with Gasteiger partial charge in [0.05, 0.1) is 17.1 Å². The number of nitrogens with zero attached hydrogens (tertiary/aromatic N) is 1. The second kappa shape index (κ2) is 8.03. The highest BCUT2D eigenvalue weighted by atomic mass is 32.2. The molecule has 1 amide bonds. The lowest BCUT2D eigenvalue weighted by atomic mass is 10.1. The maximum Gasteiger partial charge on any atom is 0.255 e. The molecule has 1 heterocycles. The predicted octanol–water partition coefficient (Wildman–Crippen LogP) is 3.35. The van der Waals surface area contributed by atoms with Crippen LogP contribution in [0.25, 0.3) is 0 Å². The van der Waals surface area contributed by atoms with Crippen LogP contribution in [0.3, 0.4) is 0 Å². The molecule has 6 nitrogen and oxygen atoms in total. The molecule has 0 aromatic heterocycles. The minimum Gasteiger partial charge on any atom is -0.373 e. The second-order valence-corrected chi connectivity index (χ2v) is 9.27. The van der Waals surface area contributed by atoms with Crippen molar-refractivity contribution in [3.63, 3.8) is 0 Å². The molecular formula is C21H26N2O4S. The molecule has 28 heavy (non-hydrogen) atoms. The van der Waals surface area contributed by atoms with Gasteiger partial charge in [0.1, 0.15) is 0 Å². The Balaban J connectivity index is 1.86. The van der Waals surface area contributed by atoms with E-state index in [0.29, 0.717) is 18.7 Å². The van der Waals surface area contributed by atoms with E-state index in [-0.39, 0.29) is 23.0 Å². The quantitative estimate of drug-likeness (QED) is 0.851. The number of anilines is 1.